The zero-order chi connectivity index (χ0) is 25.6. The van der Waals surface area contributed by atoms with Gasteiger partial charge in [-0.05, 0) is 69.5 Å². The van der Waals surface area contributed by atoms with Crippen LogP contribution in [0.3, 0.4) is 0 Å². The molecule has 1 N–H and O–H groups in total. The van der Waals surface area contributed by atoms with E-state index in [1.807, 2.05) is 49.4 Å². The molecule has 0 saturated carbocycles. The van der Waals surface area contributed by atoms with Crippen molar-refractivity contribution in [1.29, 1.82) is 5.26 Å². The van der Waals surface area contributed by atoms with Crippen LogP contribution in [0.2, 0.25) is 5.02 Å². The molecular weight excluding hydrogens is 464 g/mol. The maximum atomic E-state index is 13.2. The third-order valence-corrected chi connectivity index (χ3v) is 5.91. The first-order chi connectivity index (χ1) is 16.6. The highest BCUT2D eigenvalue weighted by Gasteiger charge is 2.35. The Bertz CT molecular complexity index is 1230. The molecule has 0 radical (unpaired) electrons. The Hall–Kier alpha value is -3.76. The fourth-order valence-electron chi connectivity index (χ4n) is 3.61. The van der Waals surface area contributed by atoms with E-state index in [0.717, 1.165) is 11.1 Å². The van der Waals surface area contributed by atoms with Crippen molar-refractivity contribution in [2.75, 3.05) is 0 Å². The Morgan fingerprint density at radius 3 is 2.49 bits per heavy atom. The van der Waals surface area contributed by atoms with E-state index in [2.05, 4.69) is 21.4 Å². The van der Waals surface area contributed by atoms with Crippen LogP contribution in [0.1, 0.15) is 59.6 Å². The minimum Gasteiger partial charge on any atom is -0.445 e. The SMILES string of the molecule is Cc1cnc(C(=O)OC(C)(C)C(=O)N[C@@H](C)[C@@H](Cc2ccc(Cl)cc2)c2cccc(C#N)c2)cn1. The zero-order valence-corrected chi connectivity index (χ0v) is 20.8. The lowest BCUT2D eigenvalue weighted by molar-refractivity contribution is -0.138. The molecule has 0 spiro atoms. The number of rotatable bonds is 8. The topological polar surface area (TPSA) is 105 Å². The van der Waals surface area contributed by atoms with Gasteiger partial charge in [-0.25, -0.2) is 9.78 Å². The van der Waals surface area contributed by atoms with Crippen molar-refractivity contribution in [2.24, 2.45) is 0 Å². The van der Waals surface area contributed by atoms with Crippen LogP contribution in [0, 0.1) is 18.3 Å². The summed E-state index contributed by atoms with van der Waals surface area (Å²) in [6.07, 6.45) is 3.38. The Morgan fingerprint density at radius 2 is 1.86 bits per heavy atom. The van der Waals surface area contributed by atoms with Crippen molar-refractivity contribution in [2.45, 2.75) is 51.7 Å². The summed E-state index contributed by atoms with van der Waals surface area (Å²) in [4.78, 5) is 33.7. The summed E-state index contributed by atoms with van der Waals surface area (Å²) in [5, 5.41) is 13.0. The number of halogens is 1. The quantitative estimate of drug-likeness (QED) is 0.456. The lowest BCUT2D eigenvalue weighted by Gasteiger charge is -2.30. The van der Waals surface area contributed by atoms with Crippen LogP contribution in [0.4, 0.5) is 0 Å². The molecule has 3 rings (SSSR count). The molecule has 0 unspecified atom stereocenters. The van der Waals surface area contributed by atoms with Gasteiger partial charge in [-0.2, -0.15) is 5.26 Å². The molecule has 0 bridgehead atoms. The number of nitrogens with one attached hydrogen (secondary N) is 1. The Labute approximate surface area is 210 Å². The number of hydrogen-bond acceptors (Lipinski definition) is 6. The third kappa shape index (κ3) is 6.87. The summed E-state index contributed by atoms with van der Waals surface area (Å²) in [5.74, 6) is -1.33. The van der Waals surface area contributed by atoms with Crippen LogP contribution in [0.15, 0.2) is 60.9 Å². The van der Waals surface area contributed by atoms with E-state index < -0.39 is 17.5 Å². The lowest BCUT2D eigenvalue weighted by atomic mass is 9.85. The summed E-state index contributed by atoms with van der Waals surface area (Å²) in [5.41, 5.74) is 1.73. The predicted octanol–water partition coefficient (Wildman–Crippen LogP) is 4.78. The highest BCUT2D eigenvalue weighted by Crippen LogP contribution is 2.27. The number of carbonyl (C=O) groups is 2. The molecule has 3 aromatic rings. The second-order valence-corrected chi connectivity index (χ2v) is 9.32. The molecule has 8 heteroatoms. The van der Waals surface area contributed by atoms with Crippen molar-refractivity contribution < 1.29 is 14.3 Å². The highest BCUT2D eigenvalue weighted by molar-refractivity contribution is 6.30. The van der Waals surface area contributed by atoms with Gasteiger partial charge in [-0.15, -0.1) is 0 Å². The number of nitriles is 1. The highest BCUT2D eigenvalue weighted by atomic mass is 35.5. The van der Waals surface area contributed by atoms with Crippen LogP contribution in [-0.2, 0) is 16.0 Å². The largest absolute Gasteiger partial charge is 0.445 e. The second kappa shape index (κ2) is 11.1. The molecule has 0 aliphatic rings. The van der Waals surface area contributed by atoms with Crippen molar-refractivity contribution in [3.63, 3.8) is 0 Å². The van der Waals surface area contributed by atoms with E-state index in [1.165, 1.54) is 26.2 Å². The van der Waals surface area contributed by atoms with Gasteiger partial charge in [-0.1, -0.05) is 35.9 Å². The van der Waals surface area contributed by atoms with Crippen LogP contribution in [-0.4, -0.2) is 33.5 Å². The standard InChI is InChI=1S/C27H27ClN4O3/c1-17-15-31-24(16-30-17)25(33)35-27(3,4)26(34)32-18(2)23(13-19-8-10-22(28)11-9-19)21-7-5-6-20(12-21)14-29/h5-12,15-16,18,23H,13H2,1-4H3,(H,32,34)/t18-,23+/m0/s1. The molecule has 2 aromatic carbocycles. The molecule has 1 amide bonds. The Morgan fingerprint density at radius 1 is 1.14 bits per heavy atom. The smallest absolute Gasteiger partial charge is 0.359 e. The Balaban J connectivity index is 1.79. The molecule has 0 fully saturated rings. The molecule has 35 heavy (non-hydrogen) atoms. The molecule has 2 atom stereocenters. The van der Waals surface area contributed by atoms with Gasteiger partial charge in [0.05, 0.1) is 23.5 Å². The maximum absolute atomic E-state index is 13.2. The molecule has 0 saturated heterocycles. The number of ether oxygens (including phenoxy) is 1. The van der Waals surface area contributed by atoms with Crippen LogP contribution in [0.25, 0.3) is 0 Å². The molecule has 0 aliphatic heterocycles. The number of amides is 1. The fourth-order valence-corrected chi connectivity index (χ4v) is 3.73. The Kier molecular flexibility index (Phi) is 8.21. The van der Waals surface area contributed by atoms with Gasteiger partial charge < -0.3 is 10.1 Å². The van der Waals surface area contributed by atoms with Gasteiger partial charge in [0.2, 0.25) is 0 Å². The summed E-state index contributed by atoms with van der Waals surface area (Å²) in [6, 6.07) is 16.7. The van der Waals surface area contributed by atoms with Gasteiger partial charge in [0.15, 0.2) is 11.3 Å². The van der Waals surface area contributed by atoms with Crippen molar-refractivity contribution >= 4 is 23.5 Å². The van der Waals surface area contributed by atoms with Crippen LogP contribution in [0.5, 0.6) is 0 Å². The normalized spacial score (nSPS) is 12.8. The van der Waals surface area contributed by atoms with E-state index in [-0.39, 0.29) is 17.7 Å². The second-order valence-electron chi connectivity index (χ2n) is 8.88. The molecule has 1 aromatic heterocycles. The molecular formula is C27H27ClN4O3. The number of hydrogen-bond donors (Lipinski definition) is 1. The van der Waals surface area contributed by atoms with E-state index in [4.69, 9.17) is 16.3 Å². The maximum Gasteiger partial charge on any atom is 0.359 e. The van der Waals surface area contributed by atoms with Crippen LogP contribution < -0.4 is 5.32 Å². The van der Waals surface area contributed by atoms with Gasteiger partial charge in [0.25, 0.3) is 5.91 Å². The van der Waals surface area contributed by atoms with Crippen molar-refractivity contribution in [3.8, 4) is 6.07 Å². The minimum absolute atomic E-state index is 0.0263. The first-order valence-corrected chi connectivity index (χ1v) is 11.5. The lowest BCUT2D eigenvalue weighted by Crippen LogP contribution is -2.50. The third-order valence-electron chi connectivity index (χ3n) is 5.66. The number of esters is 1. The molecule has 180 valence electrons. The van der Waals surface area contributed by atoms with Crippen LogP contribution >= 0.6 is 11.6 Å². The van der Waals surface area contributed by atoms with Gasteiger partial charge >= 0.3 is 5.97 Å². The first-order valence-electron chi connectivity index (χ1n) is 11.2. The predicted molar refractivity (Wildman–Crippen MR) is 133 cm³/mol. The zero-order valence-electron chi connectivity index (χ0n) is 20.1. The van der Waals surface area contributed by atoms with Crippen molar-refractivity contribution in [1.82, 2.24) is 15.3 Å². The number of aromatic nitrogens is 2. The van der Waals surface area contributed by atoms with Gasteiger partial charge in [0, 0.05) is 23.2 Å². The van der Waals surface area contributed by atoms with Gasteiger partial charge in [0.1, 0.15) is 0 Å². The monoisotopic (exact) mass is 490 g/mol. The van der Waals surface area contributed by atoms with E-state index in [9.17, 15) is 14.9 Å². The van der Waals surface area contributed by atoms with E-state index in [1.54, 1.807) is 13.0 Å². The molecule has 0 aliphatic carbocycles. The number of carbonyl (C=O) groups excluding carboxylic acids is 2. The average Bonchev–Trinajstić information content (AvgIpc) is 2.83. The first kappa shape index (κ1) is 25.9. The fraction of sp³-hybridized carbons (Fsp3) is 0.296. The summed E-state index contributed by atoms with van der Waals surface area (Å²) >= 11 is 6.04. The number of nitrogens with zero attached hydrogens (tertiary/aromatic N) is 3. The number of benzene rings is 2. The molecule has 1 heterocycles. The summed E-state index contributed by atoms with van der Waals surface area (Å²) in [6.45, 7) is 6.70. The number of aryl methyl sites for hydroxylation is 1. The minimum atomic E-state index is -1.45. The van der Waals surface area contributed by atoms with Crippen molar-refractivity contribution in [3.05, 3.63) is 94.0 Å². The summed E-state index contributed by atoms with van der Waals surface area (Å²) in [7, 11) is 0. The van der Waals surface area contributed by atoms with E-state index >= 15 is 0 Å². The molecule has 7 nitrogen and oxygen atoms in total. The van der Waals surface area contributed by atoms with Gasteiger partial charge in [-0.3, -0.25) is 9.78 Å². The van der Waals surface area contributed by atoms with E-state index in [0.29, 0.717) is 22.7 Å². The average molecular weight is 491 g/mol. The summed E-state index contributed by atoms with van der Waals surface area (Å²) < 4.78 is 5.47.